The third-order valence-electron chi connectivity index (χ3n) is 5.05. The summed E-state index contributed by atoms with van der Waals surface area (Å²) in [6.45, 7) is 0.387. The van der Waals surface area contributed by atoms with Crippen molar-refractivity contribution < 1.29 is 8.81 Å². The molecule has 0 radical (unpaired) electrons. The highest BCUT2D eigenvalue weighted by atomic mass is 35.5. The van der Waals surface area contributed by atoms with E-state index in [1.807, 2.05) is 72.8 Å². The monoisotopic (exact) mass is 451 g/mol. The first kappa shape index (κ1) is 19.7. The van der Waals surface area contributed by atoms with Crippen molar-refractivity contribution in [2.24, 2.45) is 0 Å². The predicted molar refractivity (Wildman–Crippen MR) is 123 cm³/mol. The summed E-state index contributed by atoms with van der Waals surface area (Å²) in [6.07, 6.45) is 0. The van der Waals surface area contributed by atoms with Crippen LogP contribution in [-0.2, 0) is 6.54 Å². The van der Waals surface area contributed by atoms with E-state index in [2.05, 4.69) is 15.5 Å². The summed E-state index contributed by atoms with van der Waals surface area (Å²) in [5.41, 5.74) is 2.64. The Bertz CT molecular complexity index is 1360. The molecule has 0 saturated carbocycles. The zero-order valence-corrected chi connectivity index (χ0v) is 17.6. The van der Waals surface area contributed by atoms with Crippen molar-refractivity contribution in [2.75, 3.05) is 5.32 Å². The molecule has 0 saturated heterocycles. The van der Waals surface area contributed by atoms with Crippen molar-refractivity contribution in [1.29, 1.82) is 0 Å². The Morgan fingerprint density at radius 3 is 2.48 bits per heavy atom. The van der Waals surface area contributed by atoms with Gasteiger partial charge in [-0.2, -0.15) is 5.10 Å². The zero-order valence-electron chi connectivity index (χ0n) is 16.1. The summed E-state index contributed by atoms with van der Waals surface area (Å²) >= 11 is 12.2. The van der Waals surface area contributed by atoms with Gasteiger partial charge in [-0.1, -0.05) is 53.5 Å². The number of halogens is 3. The third kappa shape index (κ3) is 3.78. The lowest BCUT2D eigenvalue weighted by molar-refractivity contribution is 0.531. The highest BCUT2D eigenvalue weighted by Gasteiger charge is 2.18. The Balaban J connectivity index is 1.42. The van der Waals surface area contributed by atoms with Crippen LogP contribution in [-0.4, -0.2) is 10.2 Å². The summed E-state index contributed by atoms with van der Waals surface area (Å²) in [5.74, 6) is 1.46. The topological polar surface area (TPSA) is 53.9 Å². The van der Waals surface area contributed by atoms with E-state index in [0.717, 1.165) is 22.6 Å². The number of fused-ring (bicyclic) bond motifs is 1. The Labute approximate surface area is 187 Å². The third-order valence-corrected chi connectivity index (χ3v) is 5.67. The van der Waals surface area contributed by atoms with Crippen molar-refractivity contribution in [3.05, 3.63) is 94.4 Å². The van der Waals surface area contributed by atoms with Gasteiger partial charge in [0.05, 0.1) is 11.6 Å². The molecule has 0 spiro atoms. The normalized spacial score (nSPS) is 11.2. The maximum atomic E-state index is 14.9. The molecule has 0 aliphatic heterocycles. The summed E-state index contributed by atoms with van der Waals surface area (Å²) in [6, 6.07) is 22.5. The van der Waals surface area contributed by atoms with Crippen LogP contribution in [0.3, 0.4) is 0 Å². The Kier molecular flexibility index (Phi) is 5.14. The largest absolute Gasteiger partial charge is 0.459 e. The molecular formula is C24H16Cl2FN3O. The van der Waals surface area contributed by atoms with Gasteiger partial charge in [0.2, 0.25) is 0 Å². The molecule has 2 aromatic heterocycles. The van der Waals surface area contributed by atoms with E-state index in [1.165, 1.54) is 0 Å². The van der Waals surface area contributed by atoms with Gasteiger partial charge in [0.1, 0.15) is 17.0 Å². The smallest absolute Gasteiger partial charge is 0.168 e. The quantitative estimate of drug-likeness (QED) is 0.290. The van der Waals surface area contributed by atoms with Gasteiger partial charge < -0.3 is 9.73 Å². The minimum atomic E-state index is -0.526. The van der Waals surface area contributed by atoms with Gasteiger partial charge in [-0.15, -0.1) is 0 Å². The van der Waals surface area contributed by atoms with E-state index in [-0.39, 0.29) is 10.5 Å². The second-order valence-electron chi connectivity index (χ2n) is 7.04. The highest BCUT2D eigenvalue weighted by molar-refractivity contribution is 6.34. The molecule has 7 heteroatoms. The Hall–Kier alpha value is -3.28. The van der Waals surface area contributed by atoms with Crippen LogP contribution in [0.15, 0.2) is 77.2 Å². The number of hydrogen-bond donors (Lipinski definition) is 2. The number of aromatic amines is 1. The van der Waals surface area contributed by atoms with Gasteiger partial charge in [0, 0.05) is 21.5 Å². The SMILES string of the molecule is Fc1c(Cl)c(-c2ccccc2)cc2c(NCc3ccc(-c4ccc(Cl)cc4)o3)n[nH]c12. The predicted octanol–water partition coefficient (Wildman–Crippen LogP) is 7.55. The van der Waals surface area contributed by atoms with Crippen molar-refractivity contribution in [3.8, 4) is 22.5 Å². The number of hydrogen-bond acceptors (Lipinski definition) is 3. The van der Waals surface area contributed by atoms with Crippen LogP contribution in [0, 0.1) is 5.82 Å². The number of nitrogens with one attached hydrogen (secondary N) is 2. The molecule has 3 aromatic carbocycles. The van der Waals surface area contributed by atoms with Gasteiger partial charge >= 0.3 is 0 Å². The summed E-state index contributed by atoms with van der Waals surface area (Å²) in [4.78, 5) is 0. The van der Waals surface area contributed by atoms with Gasteiger partial charge in [-0.05, 0) is 48.0 Å². The van der Waals surface area contributed by atoms with Gasteiger partial charge in [0.25, 0.3) is 0 Å². The lowest BCUT2D eigenvalue weighted by atomic mass is 10.0. The summed E-state index contributed by atoms with van der Waals surface area (Å²) in [7, 11) is 0. The molecule has 5 aromatic rings. The van der Waals surface area contributed by atoms with Gasteiger partial charge in [-0.25, -0.2) is 4.39 Å². The highest BCUT2D eigenvalue weighted by Crippen LogP contribution is 2.37. The minimum absolute atomic E-state index is 0.0625. The molecule has 0 aliphatic carbocycles. The molecule has 4 nitrogen and oxygen atoms in total. The summed E-state index contributed by atoms with van der Waals surface area (Å²) in [5, 5.41) is 11.5. The molecule has 154 valence electrons. The molecule has 2 heterocycles. The van der Waals surface area contributed by atoms with Crippen molar-refractivity contribution in [1.82, 2.24) is 10.2 Å². The number of nitrogens with zero attached hydrogens (tertiary/aromatic N) is 1. The van der Waals surface area contributed by atoms with Crippen LogP contribution in [0.2, 0.25) is 10.0 Å². The van der Waals surface area contributed by atoms with Crippen LogP contribution < -0.4 is 5.32 Å². The number of H-pyrrole nitrogens is 1. The van der Waals surface area contributed by atoms with Crippen molar-refractivity contribution >= 4 is 39.9 Å². The fourth-order valence-electron chi connectivity index (χ4n) is 3.47. The molecule has 0 aliphatic rings. The van der Waals surface area contributed by atoms with E-state index < -0.39 is 5.82 Å². The molecule has 0 unspecified atom stereocenters. The van der Waals surface area contributed by atoms with Crippen LogP contribution in [0.1, 0.15) is 5.76 Å². The molecular weight excluding hydrogens is 436 g/mol. The van der Waals surface area contributed by atoms with E-state index in [0.29, 0.717) is 28.3 Å². The minimum Gasteiger partial charge on any atom is -0.459 e. The Morgan fingerprint density at radius 2 is 1.71 bits per heavy atom. The number of benzene rings is 3. The lowest BCUT2D eigenvalue weighted by Gasteiger charge is -2.08. The second kappa shape index (κ2) is 8.10. The number of anilines is 1. The van der Waals surface area contributed by atoms with Crippen molar-refractivity contribution in [3.63, 3.8) is 0 Å². The maximum Gasteiger partial charge on any atom is 0.168 e. The Morgan fingerprint density at radius 1 is 0.935 bits per heavy atom. The fraction of sp³-hybridized carbons (Fsp3) is 0.0417. The number of furan rings is 1. The molecule has 31 heavy (non-hydrogen) atoms. The van der Waals surface area contributed by atoms with Crippen LogP contribution in [0.5, 0.6) is 0 Å². The van der Waals surface area contributed by atoms with Crippen molar-refractivity contribution in [2.45, 2.75) is 6.54 Å². The molecule has 0 atom stereocenters. The maximum absolute atomic E-state index is 14.9. The van der Waals surface area contributed by atoms with E-state index >= 15 is 0 Å². The van der Waals surface area contributed by atoms with Crippen LogP contribution >= 0.6 is 23.2 Å². The first-order valence-corrected chi connectivity index (χ1v) is 10.4. The first-order valence-electron chi connectivity index (χ1n) is 9.60. The molecule has 0 bridgehead atoms. The second-order valence-corrected chi connectivity index (χ2v) is 7.85. The zero-order chi connectivity index (χ0) is 21.4. The van der Waals surface area contributed by atoms with E-state index in [1.54, 1.807) is 0 Å². The van der Waals surface area contributed by atoms with Gasteiger partial charge in [-0.3, -0.25) is 5.10 Å². The van der Waals surface area contributed by atoms with Crippen LogP contribution in [0.4, 0.5) is 10.2 Å². The molecule has 0 fully saturated rings. The lowest BCUT2D eigenvalue weighted by Crippen LogP contribution is -1.99. The van der Waals surface area contributed by atoms with E-state index in [4.69, 9.17) is 27.6 Å². The molecule has 5 rings (SSSR count). The molecule has 0 amide bonds. The summed E-state index contributed by atoms with van der Waals surface area (Å²) < 4.78 is 20.8. The average molecular weight is 452 g/mol. The van der Waals surface area contributed by atoms with E-state index in [9.17, 15) is 4.39 Å². The first-order chi connectivity index (χ1) is 15.1. The fourth-order valence-corrected chi connectivity index (χ4v) is 3.85. The molecule has 2 N–H and O–H groups in total. The van der Waals surface area contributed by atoms with Crippen LogP contribution in [0.25, 0.3) is 33.4 Å². The number of aromatic nitrogens is 2. The standard InChI is InChI=1S/C24H16Cl2FN3O/c25-16-8-6-15(7-9-16)20-11-10-17(31-20)13-28-24-19-12-18(14-4-2-1-3-5-14)21(26)22(27)23(19)29-30-24/h1-12H,13H2,(H2,28,29,30). The number of rotatable bonds is 5. The average Bonchev–Trinajstić information content (AvgIpc) is 3.43. The van der Waals surface area contributed by atoms with Gasteiger partial charge in [0.15, 0.2) is 11.6 Å².